The van der Waals surface area contributed by atoms with Gasteiger partial charge in [0.05, 0.1) is 5.52 Å². The standard InChI is InChI=1S/C17H24N2/c1-3-5-6-10-17(18-4-2)15-12-14-9-7-8-11-16(14)19-13-15/h7-9,11-13,17-18H,3-6,10H2,1-2H3. The van der Waals surface area contributed by atoms with Gasteiger partial charge in [0.2, 0.25) is 0 Å². The van der Waals surface area contributed by atoms with Crippen LogP contribution >= 0.6 is 0 Å². The summed E-state index contributed by atoms with van der Waals surface area (Å²) in [7, 11) is 0. The second kappa shape index (κ2) is 7.25. The number of para-hydroxylation sites is 1. The monoisotopic (exact) mass is 256 g/mol. The minimum Gasteiger partial charge on any atom is -0.310 e. The molecule has 2 rings (SSSR count). The highest BCUT2D eigenvalue weighted by molar-refractivity contribution is 5.78. The van der Waals surface area contributed by atoms with Crippen molar-refractivity contribution in [1.82, 2.24) is 10.3 Å². The molecule has 0 radical (unpaired) electrons. The van der Waals surface area contributed by atoms with Gasteiger partial charge in [0.15, 0.2) is 0 Å². The molecule has 0 bridgehead atoms. The first kappa shape index (κ1) is 14.0. The van der Waals surface area contributed by atoms with Gasteiger partial charge in [0.25, 0.3) is 0 Å². The van der Waals surface area contributed by atoms with Crippen LogP contribution in [0.25, 0.3) is 10.9 Å². The third kappa shape index (κ3) is 3.77. The van der Waals surface area contributed by atoms with Crippen LogP contribution in [0.15, 0.2) is 36.5 Å². The number of nitrogens with one attached hydrogen (secondary N) is 1. The maximum absolute atomic E-state index is 4.57. The Labute approximate surface area is 116 Å². The normalized spacial score (nSPS) is 12.7. The fraction of sp³-hybridized carbons (Fsp3) is 0.471. The Morgan fingerprint density at radius 1 is 1.16 bits per heavy atom. The lowest BCUT2D eigenvalue weighted by Gasteiger charge is -2.18. The van der Waals surface area contributed by atoms with Crippen LogP contribution in [-0.4, -0.2) is 11.5 Å². The van der Waals surface area contributed by atoms with Gasteiger partial charge < -0.3 is 5.32 Å². The van der Waals surface area contributed by atoms with E-state index in [9.17, 15) is 0 Å². The smallest absolute Gasteiger partial charge is 0.0702 e. The fourth-order valence-corrected chi connectivity index (χ4v) is 2.51. The molecule has 1 heterocycles. The molecule has 0 amide bonds. The quantitative estimate of drug-likeness (QED) is 0.739. The van der Waals surface area contributed by atoms with E-state index in [1.165, 1.54) is 36.6 Å². The number of nitrogens with zero attached hydrogens (tertiary/aromatic N) is 1. The van der Waals surface area contributed by atoms with Crippen molar-refractivity contribution in [3.05, 3.63) is 42.1 Å². The van der Waals surface area contributed by atoms with Gasteiger partial charge in [0, 0.05) is 17.6 Å². The molecule has 1 atom stereocenters. The first-order valence-electron chi connectivity index (χ1n) is 7.43. The molecule has 0 aliphatic heterocycles. The molecule has 2 heteroatoms. The van der Waals surface area contributed by atoms with E-state index in [1.54, 1.807) is 0 Å². The molecular weight excluding hydrogens is 232 g/mol. The predicted octanol–water partition coefficient (Wildman–Crippen LogP) is 4.47. The molecule has 2 nitrogen and oxygen atoms in total. The van der Waals surface area contributed by atoms with Crippen molar-refractivity contribution in [2.75, 3.05) is 6.54 Å². The average molecular weight is 256 g/mol. The van der Waals surface area contributed by atoms with Crippen LogP contribution in [0.5, 0.6) is 0 Å². The Kier molecular flexibility index (Phi) is 5.34. The molecule has 0 spiro atoms. The molecule has 2 aromatic rings. The van der Waals surface area contributed by atoms with Crippen LogP contribution in [0, 0.1) is 0 Å². The molecule has 0 fully saturated rings. The van der Waals surface area contributed by atoms with Crippen LogP contribution in [0.3, 0.4) is 0 Å². The third-order valence-electron chi connectivity index (χ3n) is 3.56. The van der Waals surface area contributed by atoms with Gasteiger partial charge in [-0.05, 0) is 30.7 Å². The van der Waals surface area contributed by atoms with E-state index in [0.29, 0.717) is 6.04 Å². The summed E-state index contributed by atoms with van der Waals surface area (Å²) in [5, 5.41) is 4.82. The third-order valence-corrected chi connectivity index (χ3v) is 3.56. The minimum atomic E-state index is 0.439. The summed E-state index contributed by atoms with van der Waals surface area (Å²) in [6.07, 6.45) is 7.09. The Morgan fingerprint density at radius 2 is 2.00 bits per heavy atom. The molecule has 1 unspecified atom stereocenters. The summed E-state index contributed by atoms with van der Waals surface area (Å²) in [5.74, 6) is 0. The molecule has 0 saturated heterocycles. The van der Waals surface area contributed by atoms with Crippen LogP contribution < -0.4 is 5.32 Å². The van der Waals surface area contributed by atoms with Gasteiger partial charge in [-0.15, -0.1) is 0 Å². The Bertz CT molecular complexity index is 507. The molecule has 0 aliphatic rings. The highest BCUT2D eigenvalue weighted by atomic mass is 14.9. The molecule has 1 N–H and O–H groups in total. The molecule has 102 valence electrons. The van der Waals surface area contributed by atoms with Crippen molar-refractivity contribution in [1.29, 1.82) is 0 Å². The van der Waals surface area contributed by atoms with Crippen LogP contribution in [0.1, 0.15) is 51.1 Å². The Balaban J connectivity index is 2.17. The lowest BCUT2D eigenvalue weighted by molar-refractivity contribution is 0.486. The van der Waals surface area contributed by atoms with Gasteiger partial charge in [-0.2, -0.15) is 0 Å². The van der Waals surface area contributed by atoms with Crippen LogP contribution in [0.4, 0.5) is 0 Å². The van der Waals surface area contributed by atoms with E-state index in [1.807, 2.05) is 12.3 Å². The zero-order valence-electron chi connectivity index (χ0n) is 12.0. The number of rotatable bonds is 7. The highest BCUT2D eigenvalue weighted by Gasteiger charge is 2.10. The number of hydrogen-bond acceptors (Lipinski definition) is 2. The van der Waals surface area contributed by atoms with E-state index in [2.05, 4.69) is 48.4 Å². The van der Waals surface area contributed by atoms with Gasteiger partial charge >= 0.3 is 0 Å². The maximum Gasteiger partial charge on any atom is 0.0702 e. The van der Waals surface area contributed by atoms with Crippen LogP contribution in [0.2, 0.25) is 0 Å². The lowest BCUT2D eigenvalue weighted by atomic mass is 10.0. The SMILES string of the molecule is CCCCCC(NCC)c1cnc2ccccc2c1. The van der Waals surface area contributed by atoms with E-state index >= 15 is 0 Å². The number of unbranched alkanes of at least 4 members (excludes halogenated alkanes) is 2. The van der Waals surface area contributed by atoms with Crippen molar-refractivity contribution in [3.63, 3.8) is 0 Å². The highest BCUT2D eigenvalue weighted by Crippen LogP contribution is 2.22. The molecule has 1 aromatic heterocycles. The lowest BCUT2D eigenvalue weighted by Crippen LogP contribution is -2.21. The summed E-state index contributed by atoms with van der Waals surface area (Å²) in [4.78, 5) is 4.57. The van der Waals surface area contributed by atoms with E-state index < -0.39 is 0 Å². The zero-order valence-corrected chi connectivity index (χ0v) is 12.0. The van der Waals surface area contributed by atoms with Crippen LogP contribution in [-0.2, 0) is 0 Å². The van der Waals surface area contributed by atoms with Crippen molar-refractivity contribution in [2.24, 2.45) is 0 Å². The van der Waals surface area contributed by atoms with Crippen molar-refractivity contribution in [3.8, 4) is 0 Å². The Hall–Kier alpha value is -1.41. The zero-order chi connectivity index (χ0) is 13.5. The molecule has 0 saturated carbocycles. The first-order valence-corrected chi connectivity index (χ1v) is 7.43. The van der Waals surface area contributed by atoms with E-state index in [4.69, 9.17) is 0 Å². The van der Waals surface area contributed by atoms with Crippen molar-refractivity contribution >= 4 is 10.9 Å². The summed E-state index contributed by atoms with van der Waals surface area (Å²) < 4.78 is 0. The topological polar surface area (TPSA) is 24.9 Å². The largest absolute Gasteiger partial charge is 0.310 e. The Morgan fingerprint density at radius 3 is 2.79 bits per heavy atom. The second-order valence-electron chi connectivity index (χ2n) is 5.07. The molecule has 19 heavy (non-hydrogen) atoms. The van der Waals surface area contributed by atoms with Gasteiger partial charge in [-0.3, -0.25) is 4.98 Å². The van der Waals surface area contributed by atoms with E-state index in [0.717, 1.165) is 12.1 Å². The second-order valence-corrected chi connectivity index (χ2v) is 5.07. The van der Waals surface area contributed by atoms with Crippen molar-refractivity contribution < 1.29 is 0 Å². The molecular formula is C17H24N2. The van der Waals surface area contributed by atoms with Gasteiger partial charge in [-0.1, -0.05) is 51.3 Å². The summed E-state index contributed by atoms with van der Waals surface area (Å²) in [5.41, 5.74) is 2.40. The minimum absolute atomic E-state index is 0.439. The number of fused-ring (bicyclic) bond motifs is 1. The summed E-state index contributed by atoms with van der Waals surface area (Å²) in [6, 6.07) is 11.0. The number of pyridine rings is 1. The van der Waals surface area contributed by atoms with Gasteiger partial charge in [-0.25, -0.2) is 0 Å². The number of hydrogen-bond donors (Lipinski definition) is 1. The van der Waals surface area contributed by atoms with Gasteiger partial charge in [0.1, 0.15) is 0 Å². The van der Waals surface area contributed by atoms with Crippen molar-refractivity contribution in [2.45, 2.75) is 45.6 Å². The summed E-state index contributed by atoms with van der Waals surface area (Å²) >= 11 is 0. The average Bonchev–Trinajstić information content (AvgIpc) is 2.46. The maximum atomic E-state index is 4.57. The predicted molar refractivity (Wildman–Crippen MR) is 82.3 cm³/mol. The fourth-order valence-electron chi connectivity index (χ4n) is 2.51. The number of benzene rings is 1. The number of aromatic nitrogens is 1. The van der Waals surface area contributed by atoms with E-state index in [-0.39, 0.29) is 0 Å². The summed E-state index contributed by atoms with van der Waals surface area (Å²) in [6.45, 7) is 5.42. The molecule has 1 aromatic carbocycles. The first-order chi connectivity index (χ1) is 9.35. The molecule has 0 aliphatic carbocycles.